The number of carbonyl (C=O) groups is 1. The van der Waals surface area contributed by atoms with Gasteiger partial charge in [-0.05, 0) is 37.3 Å². The molecule has 1 amide bonds. The quantitative estimate of drug-likeness (QED) is 0.679. The molecule has 0 aliphatic rings. The first kappa shape index (κ1) is 18.8. The number of ether oxygens (including phenoxy) is 2. The predicted molar refractivity (Wildman–Crippen MR) is 95.9 cm³/mol. The Kier molecular flexibility index (Phi) is 4.83. The lowest BCUT2D eigenvalue weighted by molar-refractivity contribution is -0.136. The molecular weight excluding hydrogens is 383 g/mol. The molecule has 3 aromatic rings. The molecule has 0 fully saturated rings. The van der Waals surface area contributed by atoms with Gasteiger partial charge in [-0.3, -0.25) is 0 Å². The molecule has 0 unspecified atom stereocenters. The number of benzene rings is 1. The lowest BCUT2D eigenvalue weighted by Gasteiger charge is -2.11. The van der Waals surface area contributed by atoms with Gasteiger partial charge in [0.2, 0.25) is 5.06 Å². The number of pyridine rings is 1. The molecule has 0 aliphatic carbocycles. The summed E-state index contributed by atoms with van der Waals surface area (Å²) in [6.45, 7) is 2.30. The maximum Gasteiger partial charge on any atom is 0.417 e. The third-order valence-electron chi connectivity index (χ3n) is 3.62. The normalized spacial score (nSPS) is 11.6. The largest absolute Gasteiger partial charge is 0.494 e. The Morgan fingerprint density at radius 3 is 2.48 bits per heavy atom. The van der Waals surface area contributed by atoms with E-state index in [2.05, 4.69) is 4.98 Å². The number of hydrogen-bond acceptors (Lipinski definition) is 6. The fraction of sp³-hybridized carbons (Fsp3) is 0.176. The molecule has 0 saturated heterocycles. The Bertz CT molecular complexity index is 1000. The summed E-state index contributed by atoms with van der Waals surface area (Å²) in [5.41, 5.74) is 9.96. The second kappa shape index (κ2) is 6.95. The number of hydrogen-bond donors (Lipinski definition) is 2. The van der Waals surface area contributed by atoms with Crippen LogP contribution in [0.25, 0.3) is 21.5 Å². The number of anilines is 1. The number of primary amides is 1. The van der Waals surface area contributed by atoms with Gasteiger partial charge in [0, 0.05) is 5.56 Å². The van der Waals surface area contributed by atoms with E-state index in [0.29, 0.717) is 17.9 Å². The average molecular weight is 397 g/mol. The smallest absolute Gasteiger partial charge is 0.417 e. The molecule has 6 nitrogen and oxygen atoms in total. The van der Waals surface area contributed by atoms with E-state index in [1.165, 1.54) is 0 Å². The highest BCUT2D eigenvalue weighted by atomic mass is 32.1. The van der Waals surface area contributed by atoms with Crippen molar-refractivity contribution in [2.45, 2.75) is 13.1 Å². The number of fused-ring (bicyclic) bond motifs is 1. The van der Waals surface area contributed by atoms with Crippen LogP contribution in [0.4, 0.5) is 23.7 Å². The molecule has 0 aliphatic heterocycles. The highest BCUT2D eigenvalue weighted by molar-refractivity contribution is 7.21. The molecule has 0 saturated carbocycles. The third-order valence-corrected chi connectivity index (χ3v) is 4.60. The van der Waals surface area contributed by atoms with E-state index in [0.717, 1.165) is 17.4 Å². The van der Waals surface area contributed by atoms with E-state index >= 15 is 0 Å². The van der Waals surface area contributed by atoms with Crippen LogP contribution in [0.1, 0.15) is 12.5 Å². The van der Waals surface area contributed by atoms with E-state index in [4.69, 9.17) is 20.9 Å². The fourth-order valence-corrected chi connectivity index (χ4v) is 3.51. The van der Waals surface area contributed by atoms with Crippen molar-refractivity contribution in [3.05, 3.63) is 35.9 Å². The molecule has 0 spiro atoms. The molecule has 2 heterocycles. The molecule has 2 aromatic heterocycles. The molecule has 27 heavy (non-hydrogen) atoms. The maximum absolute atomic E-state index is 13.6. The minimum absolute atomic E-state index is 0.0116. The number of alkyl halides is 3. The van der Waals surface area contributed by atoms with Gasteiger partial charge in [0.15, 0.2) is 0 Å². The Balaban J connectivity index is 2.19. The van der Waals surface area contributed by atoms with Crippen molar-refractivity contribution in [3.8, 4) is 22.1 Å². The Morgan fingerprint density at radius 1 is 1.26 bits per heavy atom. The molecular formula is C17H14F3N3O3S. The summed E-state index contributed by atoms with van der Waals surface area (Å²) in [7, 11) is 0. The monoisotopic (exact) mass is 397 g/mol. The zero-order valence-electron chi connectivity index (χ0n) is 14.0. The lowest BCUT2D eigenvalue weighted by Crippen LogP contribution is -2.16. The zero-order valence-corrected chi connectivity index (χ0v) is 14.8. The summed E-state index contributed by atoms with van der Waals surface area (Å²) in [5.74, 6) is 0.593. The zero-order chi connectivity index (χ0) is 19.8. The minimum Gasteiger partial charge on any atom is -0.494 e. The second-order valence-corrected chi connectivity index (χ2v) is 6.38. The number of rotatable bonds is 4. The SMILES string of the molecule is CCOc1ccc(-c2cc(C(F)(F)F)c3c(N)c(OC(N)=O)sc3n2)cc1. The molecule has 0 atom stereocenters. The molecule has 1 aromatic carbocycles. The molecule has 10 heteroatoms. The number of aromatic nitrogens is 1. The Morgan fingerprint density at radius 2 is 1.93 bits per heavy atom. The first-order chi connectivity index (χ1) is 12.7. The summed E-state index contributed by atoms with van der Waals surface area (Å²) in [6, 6.07) is 7.41. The molecule has 3 rings (SSSR count). The number of amides is 1. The lowest BCUT2D eigenvalue weighted by atomic mass is 10.1. The van der Waals surface area contributed by atoms with E-state index in [-0.39, 0.29) is 26.7 Å². The van der Waals surface area contributed by atoms with Crippen LogP contribution in [0.5, 0.6) is 10.8 Å². The van der Waals surface area contributed by atoms with E-state index in [1.807, 2.05) is 6.92 Å². The highest BCUT2D eigenvalue weighted by Gasteiger charge is 2.36. The summed E-state index contributed by atoms with van der Waals surface area (Å²) < 4.78 is 50.8. The maximum atomic E-state index is 13.6. The van der Waals surface area contributed by atoms with Gasteiger partial charge in [0.1, 0.15) is 10.6 Å². The van der Waals surface area contributed by atoms with Crippen molar-refractivity contribution < 1.29 is 27.4 Å². The number of halogens is 3. The van der Waals surface area contributed by atoms with Gasteiger partial charge in [-0.1, -0.05) is 11.3 Å². The van der Waals surface area contributed by atoms with Gasteiger partial charge < -0.3 is 20.9 Å². The van der Waals surface area contributed by atoms with Crippen LogP contribution in [0.2, 0.25) is 0 Å². The molecule has 4 N–H and O–H groups in total. The highest BCUT2D eigenvalue weighted by Crippen LogP contribution is 2.46. The standard InChI is InChI=1S/C17H14F3N3O3S/c1-2-25-9-5-3-8(4-6-9)11-7-10(17(18,19)20)12-13(21)15(26-16(22)24)27-14(12)23-11/h3-7H,2,21H2,1H3,(H2,22,24). The number of nitrogens with zero attached hydrogens (tertiary/aromatic N) is 1. The fourth-order valence-electron chi connectivity index (χ4n) is 2.53. The average Bonchev–Trinajstić information content (AvgIpc) is 2.89. The van der Waals surface area contributed by atoms with Crippen molar-refractivity contribution in [2.24, 2.45) is 5.73 Å². The molecule has 142 valence electrons. The summed E-state index contributed by atoms with van der Waals surface area (Å²) >= 11 is 0.719. The van der Waals surface area contributed by atoms with Gasteiger partial charge in [-0.15, -0.1) is 0 Å². The first-order valence-corrected chi connectivity index (χ1v) is 8.53. The third kappa shape index (κ3) is 3.75. The van der Waals surface area contributed by atoms with E-state index < -0.39 is 17.8 Å². The van der Waals surface area contributed by atoms with Crippen LogP contribution < -0.4 is 20.9 Å². The van der Waals surface area contributed by atoms with Crippen molar-refractivity contribution >= 4 is 33.3 Å². The number of carbonyl (C=O) groups excluding carboxylic acids is 1. The molecule has 0 bridgehead atoms. The topological polar surface area (TPSA) is 100 Å². The first-order valence-electron chi connectivity index (χ1n) is 7.71. The van der Waals surface area contributed by atoms with Gasteiger partial charge in [-0.25, -0.2) is 9.78 Å². The van der Waals surface area contributed by atoms with Gasteiger partial charge >= 0.3 is 12.3 Å². The summed E-state index contributed by atoms with van der Waals surface area (Å²) in [6.07, 6.45) is -5.85. The van der Waals surface area contributed by atoms with Gasteiger partial charge in [0.25, 0.3) is 0 Å². The van der Waals surface area contributed by atoms with Crippen molar-refractivity contribution in [2.75, 3.05) is 12.3 Å². The van der Waals surface area contributed by atoms with Crippen LogP contribution >= 0.6 is 11.3 Å². The Labute approximate surface area is 155 Å². The second-order valence-electron chi connectivity index (χ2n) is 5.41. The van der Waals surface area contributed by atoms with Crippen molar-refractivity contribution in [3.63, 3.8) is 0 Å². The van der Waals surface area contributed by atoms with Crippen LogP contribution in [-0.4, -0.2) is 17.7 Å². The van der Waals surface area contributed by atoms with Gasteiger partial charge in [0.05, 0.1) is 28.9 Å². The van der Waals surface area contributed by atoms with Crippen LogP contribution in [-0.2, 0) is 6.18 Å². The van der Waals surface area contributed by atoms with Crippen LogP contribution in [0.3, 0.4) is 0 Å². The number of thiophene rings is 1. The molecule has 0 radical (unpaired) electrons. The van der Waals surface area contributed by atoms with Crippen LogP contribution in [0, 0.1) is 0 Å². The van der Waals surface area contributed by atoms with E-state index in [1.54, 1.807) is 24.3 Å². The summed E-state index contributed by atoms with van der Waals surface area (Å²) in [4.78, 5) is 15.2. The number of nitrogens with two attached hydrogens (primary N) is 2. The van der Waals surface area contributed by atoms with E-state index in [9.17, 15) is 18.0 Å². The van der Waals surface area contributed by atoms with Crippen molar-refractivity contribution in [1.29, 1.82) is 0 Å². The minimum atomic E-state index is -4.68. The number of nitrogen functional groups attached to an aromatic ring is 1. The van der Waals surface area contributed by atoms with Crippen molar-refractivity contribution in [1.82, 2.24) is 4.98 Å². The Hall–Kier alpha value is -3.01. The summed E-state index contributed by atoms with van der Waals surface area (Å²) in [5, 5.41) is -0.544. The van der Waals surface area contributed by atoms with Gasteiger partial charge in [-0.2, -0.15) is 13.2 Å². The van der Waals surface area contributed by atoms with Crippen LogP contribution in [0.15, 0.2) is 30.3 Å². The predicted octanol–water partition coefficient (Wildman–Crippen LogP) is 4.42.